The molecular formula is C34H37NO3. The molecular weight excluding hydrogens is 470 g/mol. The molecule has 0 fully saturated rings. The number of fused-ring (bicyclic) bond motifs is 1. The number of benzene rings is 4. The van der Waals surface area contributed by atoms with Gasteiger partial charge >= 0.3 is 5.97 Å². The molecule has 0 aliphatic carbocycles. The molecule has 0 N–H and O–H groups in total. The van der Waals surface area contributed by atoms with Crippen molar-refractivity contribution in [3.63, 3.8) is 0 Å². The summed E-state index contributed by atoms with van der Waals surface area (Å²) in [5, 5.41) is 2.44. The molecule has 4 aromatic rings. The second-order valence-corrected chi connectivity index (χ2v) is 9.62. The maximum Gasteiger partial charge on any atom is 0.343 e. The number of aliphatic imine (C=N–C) groups is 1. The van der Waals surface area contributed by atoms with Crippen LogP contribution >= 0.6 is 0 Å². The number of ether oxygens (including phenoxy) is 2. The minimum atomic E-state index is -0.390. The lowest BCUT2D eigenvalue weighted by Gasteiger charge is -2.10. The van der Waals surface area contributed by atoms with Crippen LogP contribution < -0.4 is 9.47 Å². The zero-order valence-corrected chi connectivity index (χ0v) is 22.4. The van der Waals surface area contributed by atoms with Crippen LogP contribution in [0, 0.1) is 0 Å². The zero-order chi connectivity index (χ0) is 26.6. The Bertz CT molecular complexity index is 1320. The summed E-state index contributed by atoms with van der Waals surface area (Å²) in [6.45, 7) is 5.02. The van der Waals surface area contributed by atoms with Crippen molar-refractivity contribution in [1.29, 1.82) is 0 Å². The maximum atomic E-state index is 12.6. The molecule has 1 unspecified atom stereocenters. The van der Waals surface area contributed by atoms with E-state index in [1.54, 1.807) is 24.3 Å². The number of nitrogens with zero attached hydrogens (tertiary/aromatic N) is 1. The molecule has 0 amide bonds. The first-order valence-electron chi connectivity index (χ1n) is 13.7. The Morgan fingerprint density at radius 3 is 2.26 bits per heavy atom. The van der Waals surface area contributed by atoms with Crippen LogP contribution in [0.4, 0.5) is 0 Å². The molecule has 38 heavy (non-hydrogen) atoms. The van der Waals surface area contributed by atoms with Crippen LogP contribution in [0.15, 0.2) is 96.0 Å². The van der Waals surface area contributed by atoms with E-state index < -0.39 is 5.97 Å². The molecule has 0 saturated carbocycles. The largest absolute Gasteiger partial charge is 0.494 e. The van der Waals surface area contributed by atoms with Gasteiger partial charge in [-0.05, 0) is 83.8 Å². The predicted molar refractivity (Wildman–Crippen MR) is 157 cm³/mol. The lowest BCUT2D eigenvalue weighted by molar-refractivity contribution is 0.0734. The van der Waals surface area contributed by atoms with Gasteiger partial charge in [0.1, 0.15) is 11.5 Å². The van der Waals surface area contributed by atoms with Crippen molar-refractivity contribution in [3.8, 4) is 11.5 Å². The van der Waals surface area contributed by atoms with Crippen LogP contribution in [0.2, 0.25) is 0 Å². The number of hydrogen-bond donors (Lipinski definition) is 0. The minimum absolute atomic E-state index is 0.0244. The van der Waals surface area contributed by atoms with Gasteiger partial charge in [0, 0.05) is 6.21 Å². The number of unbranched alkanes of at least 4 members (excludes halogenated alkanes) is 5. The Hall–Kier alpha value is -3.92. The van der Waals surface area contributed by atoms with E-state index >= 15 is 0 Å². The summed E-state index contributed by atoms with van der Waals surface area (Å²) in [6.07, 6.45) is 9.24. The molecule has 0 radical (unpaired) electrons. The fourth-order valence-electron chi connectivity index (χ4n) is 4.44. The molecule has 0 spiro atoms. The van der Waals surface area contributed by atoms with Gasteiger partial charge in [-0.3, -0.25) is 4.99 Å². The van der Waals surface area contributed by atoms with Gasteiger partial charge < -0.3 is 9.47 Å². The molecule has 0 saturated heterocycles. The van der Waals surface area contributed by atoms with E-state index in [9.17, 15) is 4.79 Å². The van der Waals surface area contributed by atoms with Crippen LogP contribution in [0.25, 0.3) is 10.8 Å². The van der Waals surface area contributed by atoms with Crippen molar-refractivity contribution < 1.29 is 14.3 Å². The van der Waals surface area contributed by atoms with Gasteiger partial charge in [0.15, 0.2) is 0 Å². The average Bonchev–Trinajstić information content (AvgIpc) is 2.96. The van der Waals surface area contributed by atoms with Crippen molar-refractivity contribution >= 4 is 23.0 Å². The normalized spacial score (nSPS) is 12.1. The Balaban J connectivity index is 1.26. The summed E-state index contributed by atoms with van der Waals surface area (Å²) in [4.78, 5) is 17.3. The first-order valence-corrected chi connectivity index (χ1v) is 13.7. The van der Waals surface area contributed by atoms with Gasteiger partial charge in [0.25, 0.3) is 0 Å². The van der Waals surface area contributed by atoms with Crippen LogP contribution in [0.5, 0.6) is 11.5 Å². The number of hydrogen-bond acceptors (Lipinski definition) is 4. The van der Waals surface area contributed by atoms with E-state index in [-0.39, 0.29) is 6.04 Å². The van der Waals surface area contributed by atoms with Crippen molar-refractivity contribution in [2.24, 2.45) is 4.99 Å². The van der Waals surface area contributed by atoms with Crippen LogP contribution in [-0.2, 0) is 0 Å². The predicted octanol–water partition coefficient (Wildman–Crippen LogP) is 8.98. The average molecular weight is 508 g/mol. The van der Waals surface area contributed by atoms with Gasteiger partial charge in [-0.1, -0.05) is 81.5 Å². The lowest BCUT2D eigenvalue weighted by atomic mass is 10.00. The van der Waals surface area contributed by atoms with Crippen LogP contribution in [-0.4, -0.2) is 18.8 Å². The number of rotatable bonds is 13. The molecule has 4 rings (SSSR count). The van der Waals surface area contributed by atoms with Crippen molar-refractivity contribution in [1.82, 2.24) is 0 Å². The highest BCUT2D eigenvalue weighted by molar-refractivity contribution is 5.91. The molecule has 0 heterocycles. The van der Waals surface area contributed by atoms with Gasteiger partial charge in [-0.25, -0.2) is 4.79 Å². The first kappa shape index (κ1) is 27.1. The molecule has 4 heteroatoms. The molecule has 4 nitrogen and oxygen atoms in total. The molecule has 0 aromatic heterocycles. The standard InChI is InChI=1S/C34H37NO3/c1-3-4-5-6-7-10-24-37-30-22-18-29(19-23-30)34(36)38-31-20-16-27(17-21-31)25-35-26(2)32-15-11-13-28-12-8-9-14-33(28)32/h8-9,11-23,25-26H,3-7,10,24H2,1-2H3. The summed E-state index contributed by atoms with van der Waals surface area (Å²) in [6, 6.07) is 29.2. The van der Waals surface area contributed by atoms with E-state index in [0.717, 1.165) is 17.7 Å². The van der Waals surface area contributed by atoms with E-state index in [1.807, 2.05) is 30.5 Å². The molecule has 0 aliphatic heterocycles. The second kappa shape index (κ2) is 14.1. The Kier molecular flexibility index (Phi) is 10.1. The second-order valence-electron chi connectivity index (χ2n) is 9.62. The number of carbonyl (C=O) groups excluding carboxylic acids is 1. The monoisotopic (exact) mass is 507 g/mol. The highest BCUT2D eigenvalue weighted by Crippen LogP contribution is 2.26. The van der Waals surface area contributed by atoms with Gasteiger partial charge in [0.2, 0.25) is 0 Å². The van der Waals surface area contributed by atoms with Crippen molar-refractivity contribution in [2.75, 3.05) is 6.61 Å². The summed E-state index contributed by atoms with van der Waals surface area (Å²) in [5.74, 6) is 0.882. The summed E-state index contributed by atoms with van der Waals surface area (Å²) < 4.78 is 11.4. The van der Waals surface area contributed by atoms with Crippen molar-refractivity contribution in [2.45, 2.75) is 58.4 Å². The SMILES string of the molecule is CCCCCCCCOc1ccc(C(=O)Oc2ccc(C=NC(C)c3cccc4ccccc34)cc2)cc1. The van der Waals surface area contributed by atoms with E-state index in [2.05, 4.69) is 56.3 Å². The van der Waals surface area contributed by atoms with E-state index in [4.69, 9.17) is 14.5 Å². The third-order valence-electron chi connectivity index (χ3n) is 6.67. The van der Waals surface area contributed by atoms with Gasteiger partial charge in [0.05, 0.1) is 18.2 Å². The lowest BCUT2D eigenvalue weighted by Crippen LogP contribution is -2.08. The minimum Gasteiger partial charge on any atom is -0.494 e. The highest BCUT2D eigenvalue weighted by atomic mass is 16.5. The van der Waals surface area contributed by atoms with Crippen LogP contribution in [0.1, 0.15) is 79.9 Å². The highest BCUT2D eigenvalue weighted by Gasteiger charge is 2.10. The van der Waals surface area contributed by atoms with Crippen LogP contribution in [0.3, 0.4) is 0 Å². The first-order chi connectivity index (χ1) is 18.6. The number of carbonyl (C=O) groups is 1. The Labute approximate surface area is 226 Å². The van der Waals surface area contributed by atoms with Crippen molar-refractivity contribution in [3.05, 3.63) is 108 Å². The third-order valence-corrected chi connectivity index (χ3v) is 6.67. The van der Waals surface area contributed by atoms with Gasteiger partial charge in [-0.2, -0.15) is 0 Å². The molecule has 196 valence electrons. The smallest absolute Gasteiger partial charge is 0.343 e. The van der Waals surface area contributed by atoms with E-state index in [1.165, 1.54) is 48.4 Å². The maximum absolute atomic E-state index is 12.6. The topological polar surface area (TPSA) is 47.9 Å². The molecule has 4 aromatic carbocycles. The fourth-order valence-corrected chi connectivity index (χ4v) is 4.44. The summed E-state index contributed by atoms with van der Waals surface area (Å²) in [5.41, 5.74) is 2.64. The Morgan fingerprint density at radius 2 is 1.47 bits per heavy atom. The quantitative estimate of drug-likeness (QED) is 0.0785. The number of esters is 1. The molecule has 1 atom stereocenters. The van der Waals surface area contributed by atoms with E-state index in [0.29, 0.717) is 17.9 Å². The summed E-state index contributed by atoms with van der Waals surface area (Å²) >= 11 is 0. The molecule has 0 bridgehead atoms. The zero-order valence-electron chi connectivity index (χ0n) is 22.4. The van der Waals surface area contributed by atoms with Gasteiger partial charge in [-0.15, -0.1) is 0 Å². The Morgan fingerprint density at radius 1 is 0.789 bits per heavy atom. The fraction of sp³-hybridized carbons (Fsp3) is 0.294. The molecule has 0 aliphatic rings. The third kappa shape index (κ3) is 7.79. The summed E-state index contributed by atoms with van der Waals surface area (Å²) in [7, 11) is 0.